The minimum atomic E-state index is -4.89. The number of carbonyl (C=O) groups excluding carboxylic acids is 2. The van der Waals surface area contributed by atoms with E-state index in [1.54, 1.807) is 19.1 Å². The molecule has 0 bridgehead atoms. The first kappa shape index (κ1) is 26.7. The van der Waals surface area contributed by atoms with Crippen molar-refractivity contribution < 1.29 is 37.0 Å². The molecule has 2 heterocycles. The lowest BCUT2D eigenvalue weighted by Crippen LogP contribution is -2.26. The van der Waals surface area contributed by atoms with E-state index >= 15 is 0 Å². The molecule has 9 nitrogen and oxygen atoms in total. The highest BCUT2D eigenvalue weighted by molar-refractivity contribution is 7.16. The van der Waals surface area contributed by atoms with Crippen molar-refractivity contribution in [3.63, 3.8) is 0 Å². The van der Waals surface area contributed by atoms with Gasteiger partial charge < -0.3 is 19.5 Å². The Kier molecular flexibility index (Phi) is 7.67. The quantitative estimate of drug-likeness (QED) is 0.314. The van der Waals surface area contributed by atoms with Crippen molar-refractivity contribution in [3.05, 3.63) is 75.5 Å². The van der Waals surface area contributed by atoms with Crippen LogP contribution < -0.4 is 20.3 Å². The third-order valence-corrected chi connectivity index (χ3v) is 5.98. The van der Waals surface area contributed by atoms with E-state index in [0.29, 0.717) is 5.75 Å². The van der Waals surface area contributed by atoms with Crippen molar-refractivity contribution in [2.24, 2.45) is 0 Å². The number of fused-ring (bicyclic) bond motifs is 1. The average molecular weight is 548 g/mol. The van der Waals surface area contributed by atoms with Crippen LogP contribution in [-0.4, -0.2) is 41.2 Å². The number of ether oxygens (including phenoxy) is 3. The molecule has 0 unspecified atom stereocenters. The van der Waals surface area contributed by atoms with Gasteiger partial charge in [-0.3, -0.25) is 9.59 Å². The number of amides is 1. The number of hydrogen-bond donors (Lipinski definition) is 1. The standard InChI is InChI=1S/C25H20F3N3O6S/c1-3-35-24(34)21-18-13-38-22(29-19(32)12-36-16-8-4-14(2)5-9-16)20(18)23(33)31(30-21)15-6-10-17(11-7-15)37-25(26,27)28/h4-11,13H,3,12H2,1-2H3,(H,29,32). The summed E-state index contributed by atoms with van der Waals surface area (Å²) in [6, 6.07) is 11.4. The zero-order chi connectivity index (χ0) is 27.4. The maximum absolute atomic E-state index is 13.4. The fourth-order valence-electron chi connectivity index (χ4n) is 3.40. The Bertz CT molecular complexity index is 1530. The first-order valence-electron chi connectivity index (χ1n) is 11.1. The third-order valence-electron chi connectivity index (χ3n) is 5.08. The van der Waals surface area contributed by atoms with Gasteiger partial charge in [0.25, 0.3) is 11.5 Å². The summed E-state index contributed by atoms with van der Waals surface area (Å²) >= 11 is 0.998. The van der Waals surface area contributed by atoms with Gasteiger partial charge in [0, 0.05) is 10.8 Å². The Balaban J connectivity index is 1.69. The lowest BCUT2D eigenvalue weighted by atomic mass is 10.2. The number of nitrogens with zero attached hydrogens (tertiary/aromatic N) is 2. The van der Waals surface area contributed by atoms with Gasteiger partial charge in [0.2, 0.25) is 0 Å². The molecule has 198 valence electrons. The minimum Gasteiger partial charge on any atom is -0.484 e. The van der Waals surface area contributed by atoms with E-state index < -0.39 is 29.5 Å². The Hall–Kier alpha value is -4.39. The summed E-state index contributed by atoms with van der Waals surface area (Å²) in [6.07, 6.45) is -4.89. The summed E-state index contributed by atoms with van der Waals surface area (Å²) in [4.78, 5) is 38.6. The fourth-order valence-corrected chi connectivity index (χ4v) is 4.36. The van der Waals surface area contributed by atoms with Gasteiger partial charge in [-0.05, 0) is 50.2 Å². The third kappa shape index (κ3) is 6.11. The van der Waals surface area contributed by atoms with E-state index in [9.17, 15) is 27.6 Å². The minimum absolute atomic E-state index is 0.0210. The molecule has 1 amide bonds. The van der Waals surface area contributed by atoms with Crippen molar-refractivity contribution >= 4 is 39.0 Å². The highest BCUT2D eigenvalue weighted by Crippen LogP contribution is 2.31. The molecule has 1 N–H and O–H groups in total. The smallest absolute Gasteiger partial charge is 0.484 e. The second kappa shape index (κ2) is 10.9. The summed E-state index contributed by atoms with van der Waals surface area (Å²) in [5.41, 5.74) is 0.165. The molecule has 38 heavy (non-hydrogen) atoms. The molecule has 2 aromatic heterocycles. The van der Waals surface area contributed by atoms with Crippen LogP contribution in [0.4, 0.5) is 18.2 Å². The number of esters is 1. The highest BCUT2D eigenvalue weighted by Gasteiger charge is 2.31. The number of carbonyl (C=O) groups is 2. The number of anilines is 1. The van der Waals surface area contributed by atoms with Gasteiger partial charge in [-0.15, -0.1) is 24.5 Å². The van der Waals surface area contributed by atoms with Crippen LogP contribution in [0.5, 0.6) is 11.5 Å². The Morgan fingerprint density at radius 2 is 1.71 bits per heavy atom. The average Bonchev–Trinajstić information content (AvgIpc) is 3.28. The number of hydrogen-bond acceptors (Lipinski definition) is 8. The molecule has 0 aliphatic carbocycles. The van der Waals surface area contributed by atoms with Gasteiger partial charge in [0.1, 0.15) is 16.5 Å². The molecule has 0 radical (unpaired) electrons. The summed E-state index contributed by atoms with van der Waals surface area (Å²) in [5.74, 6) is -1.39. The van der Waals surface area contributed by atoms with Crippen molar-refractivity contribution in [1.82, 2.24) is 9.78 Å². The highest BCUT2D eigenvalue weighted by atomic mass is 32.1. The second-order valence-corrected chi connectivity index (χ2v) is 8.71. The monoisotopic (exact) mass is 547 g/mol. The van der Waals surface area contributed by atoms with Crippen LogP contribution in [0.25, 0.3) is 16.5 Å². The fraction of sp³-hybridized carbons (Fsp3) is 0.200. The van der Waals surface area contributed by atoms with E-state index in [1.165, 1.54) is 17.5 Å². The van der Waals surface area contributed by atoms with Crippen molar-refractivity contribution in [2.75, 3.05) is 18.5 Å². The molecule has 0 saturated carbocycles. The molecule has 0 aliphatic heterocycles. The normalized spacial score (nSPS) is 11.3. The van der Waals surface area contributed by atoms with Gasteiger partial charge in [-0.2, -0.15) is 9.78 Å². The molecule has 0 atom stereocenters. The van der Waals surface area contributed by atoms with Crippen LogP contribution in [0.15, 0.2) is 58.7 Å². The number of alkyl halides is 3. The van der Waals surface area contributed by atoms with Crippen molar-refractivity contribution in [2.45, 2.75) is 20.2 Å². The van der Waals surface area contributed by atoms with E-state index in [0.717, 1.165) is 33.7 Å². The number of benzene rings is 2. The molecule has 0 saturated heterocycles. The van der Waals surface area contributed by atoms with Crippen LogP contribution in [0.3, 0.4) is 0 Å². The van der Waals surface area contributed by atoms with Gasteiger partial charge in [0.15, 0.2) is 12.3 Å². The molecule has 0 fully saturated rings. The zero-order valence-electron chi connectivity index (χ0n) is 20.0. The van der Waals surface area contributed by atoms with Crippen molar-refractivity contribution in [1.29, 1.82) is 0 Å². The number of rotatable bonds is 8. The first-order chi connectivity index (χ1) is 18.1. The molecular weight excluding hydrogens is 527 g/mol. The van der Waals surface area contributed by atoms with Crippen LogP contribution in [-0.2, 0) is 9.53 Å². The van der Waals surface area contributed by atoms with E-state index in [4.69, 9.17) is 9.47 Å². The Labute approximate surface area is 217 Å². The van der Waals surface area contributed by atoms with Gasteiger partial charge in [0.05, 0.1) is 17.7 Å². The number of nitrogens with one attached hydrogen (secondary N) is 1. The molecule has 4 rings (SSSR count). The zero-order valence-corrected chi connectivity index (χ0v) is 20.8. The molecular formula is C25H20F3N3O6S. The van der Waals surface area contributed by atoms with Crippen LogP contribution in [0.1, 0.15) is 23.0 Å². The first-order valence-corrected chi connectivity index (χ1v) is 12.0. The van der Waals surface area contributed by atoms with E-state index in [-0.39, 0.29) is 40.4 Å². The number of thiophene rings is 1. The molecule has 2 aromatic carbocycles. The predicted molar refractivity (Wildman–Crippen MR) is 133 cm³/mol. The molecule has 13 heteroatoms. The van der Waals surface area contributed by atoms with E-state index in [2.05, 4.69) is 15.2 Å². The van der Waals surface area contributed by atoms with Crippen LogP contribution >= 0.6 is 11.3 Å². The van der Waals surface area contributed by atoms with E-state index in [1.807, 2.05) is 19.1 Å². The summed E-state index contributed by atoms with van der Waals surface area (Å²) < 4.78 is 52.8. The Morgan fingerprint density at radius 1 is 1.05 bits per heavy atom. The lowest BCUT2D eigenvalue weighted by molar-refractivity contribution is -0.274. The van der Waals surface area contributed by atoms with Gasteiger partial charge in [-0.1, -0.05) is 17.7 Å². The SMILES string of the molecule is CCOC(=O)c1nn(-c2ccc(OC(F)(F)F)cc2)c(=O)c2c(NC(=O)COc3ccc(C)cc3)scc12. The molecule has 4 aromatic rings. The van der Waals surface area contributed by atoms with Crippen LogP contribution in [0, 0.1) is 6.92 Å². The molecule has 0 spiro atoms. The largest absolute Gasteiger partial charge is 0.573 e. The summed E-state index contributed by atoms with van der Waals surface area (Å²) in [5, 5.41) is 8.48. The number of aromatic nitrogens is 2. The summed E-state index contributed by atoms with van der Waals surface area (Å²) in [6.45, 7) is 3.20. The second-order valence-electron chi connectivity index (χ2n) is 7.83. The maximum Gasteiger partial charge on any atom is 0.573 e. The number of halogens is 3. The molecule has 0 aliphatic rings. The van der Waals surface area contributed by atoms with Gasteiger partial charge >= 0.3 is 12.3 Å². The van der Waals surface area contributed by atoms with Crippen LogP contribution in [0.2, 0.25) is 0 Å². The van der Waals surface area contributed by atoms with Gasteiger partial charge in [-0.25, -0.2) is 4.79 Å². The lowest BCUT2D eigenvalue weighted by Gasteiger charge is -2.12. The topological polar surface area (TPSA) is 109 Å². The number of aryl methyl sites for hydroxylation is 1. The summed E-state index contributed by atoms with van der Waals surface area (Å²) in [7, 11) is 0. The Morgan fingerprint density at radius 3 is 2.34 bits per heavy atom. The van der Waals surface area contributed by atoms with Crippen molar-refractivity contribution in [3.8, 4) is 17.2 Å². The predicted octanol–water partition coefficient (Wildman–Crippen LogP) is 4.85. The maximum atomic E-state index is 13.4.